The van der Waals surface area contributed by atoms with E-state index in [9.17, 15) is 19.5 Å². The molecule has 0 aliphatic carbocycles. The van der Waals surface area contributed by atoms with Gasteiger partial charge < -0.3 is 20.0 Å². The fraction of sp³-hybridized carbons (Fsp3) is 0.550. The molecule has 2 atom stereocenters. The van der Waals surface area contributed by atoms with Gasteiger partial charge in [-0.05, 0) is 37.8 Å². The van der Waals surface area contributed by atoms with Crippen LogP contribution in [-0.2, 0) is 27.3 Å². The molecular weight excluding hydrogens is 348 g/mol. The van der Waals surface area contributed by atoms with Crippen molar-refractivity contribution in [1.29, 1.82) is 0 Å². The maximum absolute atomic E-state index is 12.9. The summed E-state index contributed by atoms with van der Waals surface area (Å²) in [5, 5.41) is 13.8. The maximum atomic E-state index is 12.9. The average Bonchev–Trinajstić information content (AvgIpc) is 2.56. The lowest BCUT2D eigenvalue weighted by molar-refractivity contribution is -0.309. The van der Waals surface area contributed by atoms with Crippen molar-refractivity contribution >= 4 is 18.0 Å². The highest BCUT2D eigenvalue weighted by Gasteiger charge is 2.37. The van der Waals surface area contributed by atoms with Gasteiger partial charge in [-0.3, -0.25) is 9.69 Å². The van der Waals surface area contributed by atoms with Crippen molar-refractivity contribution < 1.29 is 24.2 Å². The highest BCUT2D eigenvalue weighted by molar-refractivity contribution is 5.89. The Hall–Kier alpha value is -2.57. The van der Waals surface area contributed by atoms with Crippen LogP contribution in [0.1, 0.15) is 45.7 Å². The first-order valence-electron chi connectivity index (χ1n) is 9.07. The number of benzene rings is 1. The summed E-state index contributed by atoms with van der Waals surface area (Å²) >= 11 is 0. The number of ether oxygens (including phenoxy) is 1. The molecule has 1 aliphatic rings. The quantitative estimate of drug-likeness (QED) is 0.854. The molecule has 2 amide bonds. The number of carbonyl (C=O) groups is 3. The van der Waals surface area contributed by atoms with Gasteiger partial charge >= 0.3 is 6.09 Å². The minimum atomic E-state index is -1.35. The van der Waals surface area contributed by atoms with E-state index in [2.05, 4.69) is 5.32 Å². The van der Waals surface area contributed by atoms with Crippen molar-refractivity contribution in [3.63, 3.8) is 0 Å². The number of rotatable bonds is 4. The van der Waals surface area contributed by atoms with Crippen LogP contribution >= 0.6 is 0 Å². The maximum Gasteiger partial charge on any atom is 0.411 e. The summed E-state index contributed by atoms with van der Waals surface area (Å²) in [7, 11) is 0. The lowest BCUT2D eigenvalue weighted by Crippen LogP contribution is -2.58. The number of nitrogens with one attached hydrogen (secondary N) is 1. The smallest absolute Gasteiger partial charge is 0.411 e. The van der Waals surface area contributed by atoms with E-state index in [-0.39, 0.29) is 12.5 Å². The van der Waals surface area contributed by atoms with E-state index in [1.807, 2.05) is 24.3 Å². The van der Waals surface area contributed by atoms with Crippen molar-refractivity contribution in [3.05, 3.63) is 35.4 Å². The van der Waals surface area contributed by atoms with Crippen LogP contribution < -0.4 is 10.4 Å². The number of amides is 2. The van der Waals surface area contributed by atoms with Crippen molar-refractivity contribution in [1.82, 2.24) is 10.2 Å². The zero-order chi connectivity index (χ0) is 20.4. The molecule has 1 N–H and O–H groups in total. The molecule has 7 heteroatoms. The fourth-order valence-electron chi connectivity index (χ4n) is 3.02. The fourth-order valence-corrected chi connectivity index (χ4v) is 3.02. The number of fused-ring (bicyclic) bond motifs is 1. The highest BCUT2D eigenvalue weighted by Crippen LogP contribution is 2.25. The second-order valence-electron chi connectivity index (χ2n) is 8.15. The molecule has 0 unspecified atom stereocenters. The van der Waals surface area contributed by atoms with Gasteiger partial charge in [-0.15, -0.1) is 0 Å². The summed E-state index contributed by atoms with van der Waals surface area (Å²) in [5.41, 5.74) is 1.18. The molecule has 0 fully saturated rings. The number of carboxylic acid groups (broad SMARTS) is 1. The predicted molar refractivity (Wildman–Crippen MR) is 97.5 cm³/mol. The molecule has 2 rings (SSSR count). The number of carboxylic acids is 1. The number of aliphatic carboxylic acids is 1. The second-order valence-corrected chi connectivity index (χ2v) is 8.15. The Kier molecular flexibility index (Phi) is 6.13. The van der Waals surface area contributed by atoms with Crippen molar-refractivity contribution in [2.75, 3.05) is 0 Å². The zero-order valence-corrected chi connectivity index (χ0v) is 16.4. The van der Waals surface area contributed by atoms with E-state index < -0.39 is 35.7 Å². The molecule has 1 aliphatic heterocycles. The van der Waals surface area contributed by atoms with E-state index in [0.717, 1.165) is 11.1 Å². The van der Waals surface area contributed by atoms with Crippen molar-refractivity contribution in [3.8, 4) is 0 Å². The monoisotopic (exact) mass is 375 g/mol. The molecule has 0 saturated carbocycles. The first-order chi connectivity index (χ1) is 12.5. The summed E-state index contributed by atoms with van der Waals surface area (Å²) in [4.78, 5) is 38.2. The lowest BCUT2D eigenvalue weighted by atomic mass is 9.93. The molecule has 0 aromatic heterocycles. The van der Waals surface area contributed by atoms with E-state index in [0.29, 0.717) is 6.42 Å². The summed E-state index contributed by atoms with van der Waals surface area (Å²) in [5.74, 6) is -2.22. The Balaban J connectivity index is 2.29. The molecule has 7 nitrogen and oxygen atoms in total. The van der Waals surface area contributed by atoms with Gasteiger partial charge in [0.2, 0.25) is 5.91 Å². The third kappa shape index (κ3) is 5.21. The molecular formula is C20H27N2O5-. The Bertz CT molecular complexity index is 723. The molecule has 0 bridgehead atoms. The number of hydrogen-bond donors (Lipinski definition) is 1. The normalized spacial score (nSPS) is 17.9. The molecule has 0 saturated heterocycles. The number of nitrogens with zero attached hydrogens (tertiary/aromatic N) is 1. The topological polar surface area (TPSA) is 98.8 Å². The summed E-state index contributed by atoms with van der Waals surface area (Å²) in [6.07, 6.45) is -0.314. The molecule has 27 heavy (non-hydrogen) atoms. The van der Waals surface area contributed by atoms with E-state index in [4.69, 9.17) is 4.74 Å². The van der Waals surface area contributed by atoms with Gasteiger partial charge in [-0.1, -0.05) is 38.1 Å². The Morgan fingerprint density at radius 2 is 1.78 bits per heavy atom. The largest absolute Gasteiger partial charge is 0.548 e. The van der Waals surface area contributed by atoms with Crippen LogP contribution in [0.3, 0.4) is 0 Å². The minimum Gasteiger partial charge on any atom is -0.548 e. The van der Waals surface area contributed by atoms with Crippen LogP contribution in [0.5, 0.6) is 0 Å². The first-order valence-corrected chi connectivity index (χ1v) is 9.07. The van der Waals surface area contributed by atoms with Crippen LogP contribution in [0.25, 0.3) is 0 Å². The van der Waals surface area contributed by atoms with Gasteiger partial charge in [0.1, 0.15) is 11.6 Å². The van der Waals surface area contributed by atoms with Gasteiger partial charge in [0.15, 0.2) is 0 Å². The molecule has 1 aromatic rings. The zero-order valence-electron chi connectivity index (χ0n) is 16.4. The number of carbonyl (C=O) groups excluding carboxylic acids is 3. The Labute approximate surface area is 159 Å². The summed E-state index contributed by atoms with van der Waals surface area (Å²) in [6.45, 7) is 8.85. The van der Waals surface area contributed by atoms with Gasteiger partial charge in [-0.2, -0.15) is 0 Å². The van der Waals surface area contributed by atoms with E-state index in [1.165, 1.54) is 4.90 Å². The van der Waals surface area contributed by atoms with Crippen LogP contribution in [0.15, 0.2) is 24.3 Å². The third-order valence-corrected chi connectivity index (χ3v) is 4.40. The Morgan fingerprint density at radius 1 is 1.19 bits per heavy atom. The van der Waals surface area contributed by atoms with Crippen LogP contribution in [0.4, 0.5) is 4.79 Å². The molecule has 1 heterocycles. The minimum absolute atomic E-state index is 0.223. The Morgan fingerprint density at radius 3 is 2.30 bits per heavy atom. The molecule has 148 valence electrons. The predicted octanol–water partition coefficient (Wildman–Crippen LogP) is 1.24. The molecule has 0 radical (unpaired) electrons. The summed E-state index contributed by atoms with van der Waals surface area (Å²) < 4.78 is 5.45. The van der Waals surface area contributed by atoms with E-state index in [1.54, 1.807) is 34.6 Å². The highest BCUT2D eigenvalue weighted by atomic mass is 16.6. The standard InChI is InChI=1S/C20H28N2O5/c1-12(2)16(18(24)25)21-17(23)15-10-13-8-6-7-9-14(13)11-22(15)19(26)27-20(3,4)5/h6-9,12,15-16H,10-11H2,1-5H3,(H,21,23)(H,24,25)/p-1/t15-,16+/m0/s1. The number of hydrogen-bond acceptors (Lipinski definition) is 5. The lowest BCUT2D eigenvalue weighted by Gasteiger charge is -2.38. The van der Waals surface area contributed by atoms with Crippen molar-refractivity contribution in [2.45, 2.75) is 65.3 Å². The van der Waals surface area contributed by atoms with Gasteiger partial charge in [0, 0.05) is 6.42 Å². The van der Waals surface area contributed by atoms with Gasteiger partial charge in [0.05, 0.1) is 18.6 Å². The molecule has 1 aromatic carbocycles. The van der Waals surface area contributed by atoms with Gasteiger partial charge in [0.25, 0.3) is 0 Å². The average molecular weight is 375 g/mol. The van der Waals surface area contributed by atoms with Crippen LogP contribution in [0.2, 0.25) is 0 Å². The summed E-state index contributed by atoms with van der Waals surface area (Å²) in [6, 6.07) is 5.57. The van der Waals surface area contributed by atoms with Gasteiger partial charge in [-0.25, -0.2) is 4.79 Å². The van der Waals surface area contributed by atoms with E-state index >= 15 is 0 Å². The SMILES string of the molecule is CC(C)[C@@H](NC(=O)[C@@H]1Cc2ccccc2CN1C(=O)OC(C)(C)C)C(=O)[O-]. The third-order valence-electron chi connectivity index (χ3n) is 4.40. The first kappa shape index (κ1) is 20.7. The van der Waals surface area contributed by atoms with Crippen LogP contribution in [0, 0.1) is 5.92 Å². The molecule has 0 spiro atoms. The van der Waals surface area contributed by atoms with Crippen LogP contribution in [-0.4, -0.2) is 40.6 Å². The second kappa shape index (κ2) is 7.98. The van der Waals surface area contributed by atoms with Crippen molar-refractivity contribution in [2.24, 2.45) is 5.92 Å².